The predicted molar refractivity (Wildman–Crippen MR) is 53.9 cm³/mol. The van der Waals surface area contributed by atoms with Crippen LogP contribution in [0.15, 0.2) is 18.5 Å². The third kappa shape index (κ3) is 1.50. The monoisotopic (exact) mass is 190 g/mol. The number of amides is 1. The molecule has 0 unspecified atom stereocenters. The van der Waals surface area contributed by atoms with Gasteiger partial charge in [-0.25, -0.2) is 0 Å². The van der Waals surface area contributed by atoms with E-state index in [1.807, 2.05) is 11.0 Å². The van der Waals surface area contributed by atoms with Crippen molar-refractivity contribution in [2.45, 2.75) is 26.3 Å². The van der Waals surface area contributed by atoms with Crippen LogP contribution in [0.4, 0.5) is 0 Å². The summed E-state index contributed by atoms with van der Waals surface area (Å²) in [6.45, 7) is 3.76. The number of pyridine rings is 1. The molecule has 14 heavy (non-hydrogen) atoms. The normalized spacial score (nSPS) is 14.6. The van der Waals surface area contributed by atoms with Crippen LogP contribution in [0, 0.1) is 0 Å². The second-order valence-electron chi connectivity index (χ2n) is 3.61. The lowest BCUT2D eigenvalue weighted by atomic mass is 10.2. The highest BCUT2D eigenvalue weighted by Gasteiger charge is 2.26. The third-order valence-electron chi connectivity index (χ3n) is 2.57. The lowest BCUT2D eigenvalue weighted by Gasteiger charge is -2.14. The van der Waals surface area contributed by atoms with Crippen molar-refractivity contribution in [1.82, 2.24) is 9.88 Å². The van der Waals surface area contributed by atoms with Crippen LogP contribution >= 0.6 is 0 Å². The van der Waals surface area contributed by atoms with E-state index in [-0.39, 0.29) is 5.91 Å². The zero-order valence-electron chi connectivity index (χ0n) is 8.36. The van der Waals surface area contributed by atoms with Gasteiger partial charge >= 0.3 is 0 Å². The highest BCUT2D eigenvalue weighted by Crippen LogP contribution is 2.21. The summed E-state index contributed by atoms with van der Waals surface area (Å²) in [4.78, 5) is 17.7. The lowest BCUT2D eigenvalue weighted by molar-refractivity contribution is 0.0776. The molecule has 0 fully saturated rings. The topological polar surface area (TPSA) is 33.2 Å². The highest BCUT2D eigenvalue weighted by atomic mass is 16.2. The lowest BCUT2D eigenvalue weighted by Crippen LogP contribution is -2.24. The number of carbonyl (C=O) groups is 1. The first kappa shape index (κ1) is 9.19. The summed E-state index contributed by atoms with van der Waals surface area (Å²) < 4.78 is 0. The molecule has 0 saturated carbocycles. The summed E-state index contributed by atoms with van der Waals surface area (Å²) >= 11 is 0. The Morgan fingerprint density at radius 2 is 2.43 bits per heavy atom. The number of unbranched alkanes of at least 4 members (excludes halogenated alkanes) is 1. The molecule has 3 nitrogen and oxygen atoms in total. The molecule has 1 amide bonds. The molecule has 0 N–H and O–H groups in total. The standard InChI is InChI=1S/C11H14N2O/c1-2-3-6-13-8-9-4-5-12-7-10(9)11(13)14/h4-5,7H,2-3,6,8H2,1H3. The smallest absolute Gasteiger partial charge is 0.256 e. The number of rotatable bonds is 3. The number of fused-ring (bicyclic) bond motifs is 1. The SMILES string of the molecule is CCCCN1Cc2ccncc2C1=O. The maximum atomic E-state index is 11.8. The van der Waals surface area contributed by atoms with Crippen molar-refractivity contribution in [3.8, 4) is 0 Å². The van der Waals surface area contributed by atoms with Gasteiger partial charge in [-0.05, 0) is 18.1 Å². The molecule has 3 heteroatoms. The Bertz CT molecular complexity index is 349. The molecule has 1 aliphatic rings. The zero-order valence-corrected chi connectivity index (χ0v) is 8.36. The highest BCUT2D eigenvalue weighted by molar-refractivity contribution is 5.97. The quantitative estimate of drug-likeness (QED) is 0.728. The third-order valence-corrected chi connectivity index (χ3v) is 2.57. The van der Waals surface area contributed by atoms with Gasteiger partial charge in [-0.1, -0.05) is 13.3 Å². The van der Waals surface area contributed by atoms with Gasteiger partial charge in [-0.15, -0.1) is 0 Å². The molecular formula is C11H14N2O. The van der Waals surface area contributed by atoms with E-state index in [1.54, 1.807) is 12.4 Å². The van der Waals surface area contributed by atoms with E-state index in [0.29, 0.717) is 0 Å². The van der Waals surface area contributed by atoms with Crippen molar-refractivity contribution in [2.75, 3.05) is 6.54 Å². The molecule has 0 saturated heterocycles. The van der Waals surface area contributed by atoms with Crippen molar-refractivity contribution in [1.29, 1.82) is 0 Å². The van der Waals surface area contributed by atoms with Crippen LogP contribution in [0.1, 0.15) is 35.7 Å². The van der Waals surface area contributed by atoms with E-state index in [2.05, 4.69) is 11.9 Å². The molecule has 2 rings (SSSR count). The minimum atomic E-state index is 0.140. The Balaban J connectivity index is 2.13. The molecule has 0 aliphatic carbocycles. The number of nitrogens with zero attached hydrogens (tertiary/aromatic N) is 2. The molecule has 0 spiro atoms. The van der Waals surface area contributed by atoms with Crippen LogP contribution in [0.5, 0.6) is 0 Å². The maximum Gasteiger partial charge on any atom is 0.256 e. The molecule has 1 aliphatic heterocycles. The fourth-order valence-electron chi connectivity index (χ4n) is 1.73. The molecule has 0 aromatic carbocycles. The number of hydrogen-bond donors (Lipinski definition) is 0. The average Bonchev–Trinajstić information content (AvgIpc) is 2.54. The van der Waals surface area contributed by atoms with Gasteiger partial charge in [0.25, 0.3) is 5.91 Å². The average molecular weight is 190 g/mol. The largest absolute Gasteiger partial charge is 0.334 e. The fourth-order valence-corrected chi connectivity index (χ4v) is 1.73. The molecular weight excluding hydrogens is 176 g/mol. The Hall–Kier alpha value is -1.38. The van der Waals surface area contributed by atoms with Crippen LogP contribution in [-0.2, 0) is 6.54 Å². The minimum Gasteiger partial charge on any atom is -0.334 e. The van der Waals surface area contributed by atoms with Crippen molar-refractivity contribution in [3.63, 3.8) is 0 Å². The van der Waals surface area contributed by atoms with Gasteiger partial charge in [0.15, 0.2) is 0 Å². The molecule has 2 heterocycles. The van der Waals surface area contributed by atoms with Gasteiger partial charge in [0.2, 0.25) is 0 Å². The first-order valence-corrected chi connectivity index (χ1v) is 5.05. The summed E-state index contributed by atoms with van der Waals surface area (Å²) in [7, 11) is 0. The van der Waals surface area contributed by atoms with Crippen LogP contribution in [0.2, 0.25) is 0 Å². The van der Waals surface area contributed by atoms with Gasteiger partial charge in [0.05, 0.1) is 5.56 Å². The van der Waals surface area contributed by atoms with Crippen molar-refractivity contribution in [2.24, 2.45) is 0 Å². The van der Waals surface area contributed by atoms with Gasteiger partial charge in [-0.2, -0.15) is 0 Å². The van der Waals surface area contributed by atoms with Crippen molar-refractivity contribution in [3.05, 3.63) is 29.6 Å². The molecule has 1 aromatic rings. The van der Waals surface area contributed by atoms with Crippen molar-refractivity contribution >= 4 is 5.91 Å². The van der Waals surface area contributed by atoms with Gasteiger partial charge in [0.1, 0.15) is 0 Å². The van der Waals surface area contributed by atoms with Crippen LogP contribution < -0.4 is 0 Å². The molecule has 0 bridgehead atoms. The summed E-state index contributed by atoms with van der Waals surface area (Å²) in [5.41, 5.74) is 1.89. The van der Waals surface area contributed by atoms with E-state index in [4.69, 9.17) is 0 Å². The van der Waals surface area contributed by atoms with Gasteiger partial charge in [0, 0.05) is 25.5 Å². The van der Waals surface area contributed by atoms with E-state index in [1.165, 1.54) is 0 Å². The van der Waals surface area contributed by atoms with E-state index < -0.39 is 0 Å². The number of hydrogen-bond acceptors (Lipinski definition) is 2. The molecule has 0 radical (unpaired) electrons. The Morgan fingerprint density at radius 1 is 1.57 bits per heavy atom. The van der Waals surface area contributed by atoms with E-state index >= 15 is 0 Å². The van der Waals surface area contributed by atoms with Gasteiger partial charge < -0.3 is 4.90 Å². The molecule has 74 valence electrons. The molecule has 0 atom stereocenters. The van der Waals surface area contributed by atoms with Crippen LogP contribution in [0.3, 0.4) is 0 Å². The summed E-state index contributed by atoms with van der Waals surface area (Å²) in [6.07, 6.45) is 5.62. The Kier molecular flexibility index (Phi) is 2.48. The summed E-state index contributed by atoms with van der Waals surface area (Å²) in [5, 5.41) is 0. The number of aromatic nitrogens is 1. The maximum absolute atomic E-state index is 11.8. The Morgan fingerprint density at radius 3 is 3.14 bits per heavy atom. The number of carbonyl (C=O) groups excluding carboxylic acids is 1. The van der Waals surface area contributed by atoms with Crippen molar-refractivity contribution < 1.29 is 4.79 Å². The summed E-state index contributed by atoms with van der Waals surface area (Å²) in [6, 6.07) is 1.93. The summed E-state index contributed by atoms with van der Waals surface area (Å²) in [5.74, 6) is 0.140. The zero-order chi connectivity index (χ0) is 9.97. The second-order valence-corrected chi connectivity index (χ2v) is 3.61. The van der Waals surface area contributed by atoms with Crippen LogP contribution in [-0.4, -0.2) is 22.3 Å². The van der Waals surface area contributed by atoms with E-state index in [9.17, 15) is 4.79 Å². The molecule has 1 aromatic heterocycles. The first-order chi connectivity index (χ1) is 6.83. The predicted octanol–water partition coefficient (Wildman–Crippen LogP) is 1.84. The second kappa shape index (κ2) is 3.78. The van der Waals surface area contributed by atoms with E-state index in [0.717, 1.165) is 37.1 Å². The van der Waals surface area contributed by atoms with Gasteiger partial charge in [-0.3, -0.25) is 9.78 Å². The fraction of sp³-hybridized carbons (Fsp3) is 0.455. The Labute approximate surface area is 83.8 Å². The first-order valence-electron chi connectivity index (χ1n) is 5.05. The van der Waals surface area contributed by atoms with Crippen LogP contribution in [0.25, 0.3) is 0 Å². The minimum absolute atomic E-state index is 0.140.